The normalized spacial score (nSPS) is 25.0. The van der Waals surface area contributed by atoms with Crippen molar-refractivity contribution < 1.29 is 22.4 Å². The van der Waals surface area contributed by atoms with Crippen LogP contribution in [-0.2, 0) is 9.84 Å². The van der Waals surface area contributed by atoms with Crippen LogP contribution in [0.25, 0.3) is 0 Å². The lowest BCUT2D eigenvalue weighted by Crippen LogP contribution is -2.63. The van der Waals surface area contributed by atoms with Gasteiger partial charge in [0.05, 0.1) is 23.6 Å². The smallest absolute Gasteiger partial charge is 0.319 e. The van der Waals surface area contributed by atoms with Crippen molar-refractivity contribution >= 4 is 21.8 Å². The lowest BCUT2D eigenvalue weighted by Gasteiger charge is -2.44. The van der Waals surface area contributed by atoms with Gasteiger partial charge in [-0.3, -0.25) is 4.79 Å². The van der Waals surface area contributed by atoms with Gasteiger partial charge in [0.25, 0.3) is 5.91 Å². The second kappa shape index (κ2) is 6.01. The number of aryl methyl sites for hydroxylation is 2. The van der Waals surface area contributed by atoms with Crippen molar-refractivity contribution in [2.24, 2.45) is 0 Å². The molecule has 3 heterocycles. The van der Waals surface area contributed by atoms with Gasteiger partial charge < -0.3 is 19.1 Å². The first-order chi connectivity index (χ1) is 11.6. The Labute approximate surface area is 146 Å². The summed E-state index contributed by atoms with van der Waals surface area (Å²) < 4.78 is 29.7. The van der Waals surface area contributed by atoms with E-state index >= 15 is 0 Å². The number of nitrogens with zero attached hydrogens (tertiary/aromatic N) is 4. The summed E-state index contributed by atoms with van der Waals surface area (Å²) in [5.41, 5.74) is 0.202. The van der Waals surface area contributed by atoms with Crippen LogP contribution in [-0.4, -0.2) is 90.8 Å². The third-order valence-electron chi connectivity index (χ3n) is 4.67. The highest BCUT2D eigenvalue weighted by Gasteiger charge is 2.50. The van der Waals surface area contributed by atoms with Gasteiger partial charge in [0.1, 0.15) is 5.76 Å². The minimum atomic E-state index is -3.32. The molecule has 2 saturated heterocycles. The molecule has 1 aromatic rings. The fraction of sp³-hybridized carbons (Fsp3) is 0.667. The molecule has 0 spiro atoms. The third-order valence-corrected chi connectivity index (χ3v) is 6.37. The van der Waals surface area contributed by atoms with Gasteiger partial charge in [-0.25, -0.2) is 18.2 Å². The Hall–Kier alpha value is -2.10. The largest absolute Gasteiger partial charge is 0.445 e. The summed E-state index contributed by atoms with van der Waals surface area (Å²) in [6.45, 7) is 3.86. The zero-order chi connectivity index (χ0) is 18.5. The summed E-state index contributed by atoms with van der Waals surface area (Å²) in [7, 11) is -0.0750. The number of urea groups is 1. The number of amides is 3. The predicted molar refractivity (Wildman–Crippen MR) is 89.0 cm³/mol. The molecule has 1 aromatic heterocycles. The summed E-state index contributed by atoms with van der Waals surface area (Å²) in [5, 5.41) is 0. The van der Waals surface area contributed by atoms with Crippen LogP contribution < -0.4 is 0 Å². The fourth-order valence-electron chi connectivity index (χ4n) is 3.56. The first kappa shape index (κ1) is 17.7. The van der Waals surface area contributed by atoms with Gasteiger partial charge in [-0.2, -0.15) is 0 Å². The summed E-state index contributed by atoms with van der Waals surface area (Å²) in [5.74, 6) is 0.178. The van der Waals surface area contributed by atoms with E-state index in [0.717, 1.165) is 0 Å². The molecule has 138 valence electrons. The number of carbonyl (C=O) groups excluding carboxylic acids is 2. The molecule has 0 N–H and O–H groups in total. The highest BCUT2D eigenvalue weighted by atomic mass is 32.2. The molecule has 3 amide bonds. The van der Waals surface area contributed by atoms with E-state index < -0.39 is 21.9 Å². The molecule has 0 radical (unpaired) electrons. The number of rotatable bonds is 1. The van der Waals surface area contributed by atoms with Crippen molar-refractivity contribution in [3.8, 4) is 0 Å². The van der Waals surface area contributed by atoms with Crippen molar-refractivity contribution in [3.63, 3.8) is 0 Å². The van der Waals surface area contributed by atoms with Gasteiger partial charge in [-0.05, 0) is 6.92 Å². The number of hydrogen-bond acceptors (Lipinski definition) is 6. The molecule has 3 rings (SSSR count). The van der Waals surface area contributed by atoms with Crippen LogP contribution in [0.1, 0.15) is 22.1 Å². The summed E-state index contributed by atoms with van der Waals surface area (Å²) in [4.78, 5) is 33.9. The van der Waals surface area contributed by atoms with Gasteiger partial charge >= 0.3 is 6.03 Å². The van der Waals surface area contributed by atoms with Crippen molar-refractivity contribution in [1.82, 2.24) is 19.7 Å². The molecule has 0 aromatic carbocycles. The van der Waals surface area contributed by atoms with Gasteiger partial charge in [0, 0.05) is 34.1 Å². The maximum absolute atomic E-state index is 12.9. The summed E-state index contributed by atoms with van der Waals surface area (Å²) in [6, 6.07) is -1.34. The van der Waals surface area contributed by atoms with E-state index in [1.54, 1.807) is 32.8 Å². The van der Waals surface area contributed by atoms with Gasteiger partial charge in [0.15, 0.2) is 21.4 Å². The molecular formula is C15H22N4O5S. The van der Waals surface area contributed by atoms with E-state index in [1.165, 1.54) is 9.80 Å². The van der Waals surface area contributed by atoms with E-state index in [1.807, 2.05) is 0 Å². The Balaban J connectivity index is 1.92. The van der Waals surface area contributed by atoms with Gasteiger partial charge in [-0.1, -0.05) is 0 Å². The van der Waals surface area contributed by atoms with E-state index in [0.29, 0.717) is 11.7 Å². The predicted octanol–water partition coefficient (Wildman–Crippen LogP) is -0.104. The molecule has 2 aliphatic rings. The van der Waals surface area contributed by atoms with E-state index in [-0.39, 0.29) is 42.2 Å². The Morgan fingerprint density at radius 2 is 1.68 bits per heavy atom. The summed E-state index contributed by atoms with van der Waals surface area (Å²) >= 11 is 0. The Bertz CT molecular complexity index is 816. The average Bonchev–Trinajstić information content (AvgIpc) is 3.02. The van der Waals surface area contributed by atoms with Crippen LogP contribution in [0.2, 0.25) is 0 Å². The minimum Gasteiger partial charge on any atom is -0.445 e. The monoisotopic (exact) mass is 370 g/mol. The molecule has 0 aliphatic carbocycles. The molecule has 25 heavy (non-hydrogen) atoms. The Morgan fingerprint density at radius 1 is 1.12 bits per heavy atom. The van der Waals surface area contributed by atoms with E-state index in [4.69, 9.17) is 4.42 Å². The number of piperazine rings is 1. The van der Waals surface area contributed by atoms with Crippen LogP contribution in [0.3, 0.4) is 0 Å². The maximum atomic E-state index is 12.9. The molecule has 10 heteroatoms. The van der Waals surface area contributed by atoms with Crippen LogP contribution in [0, 0.1) is 13.8 Å². The molecule has 2 fully saturated rings. The Kier molecular flexibility index (Phi) is 4.26. The number of carbonyl (C=O) groups is 2. The second-order valence-electron chi connectivity index (χ2n) is 6.72. The number of fused-ring (bicyclic) bond motifs is 1. The lowest BCUT2D eigenvalue weighted by molar-refractivity contribution is 0.0387. The van der Waals surface area contributed by atoms with Crippen LogP contribution in [0.15, 0.2) is 4.42 Å². The molecule has 9 nitrogen and oxygen atoms in total. The molecule has 2 aliphatic heterocycles. The molecular weight excluding hydrogens is 348 g/mol. The number of aromatic nitrogens is 1. The summed E-state index contributed by atoms with van der Waals surface area (Å²) in [6.07, 6.45) is 0. The highest BCUT2D eigenvalue weighted by Crippen LogP contribution is 2.29. The maximum Gasteiger partial charge on any atom is 0.319 e. The molecule has 0 unspecified atom stereocenters. The van der Waals surface area contributed by atoms with Gasteiger partial charge in [0.2, 0.25) is 0 Å². The number of sulfone groups is 1. The highest BCUT2D eigenvalue weighted by molar-refractivity contribution is 7.91. The first-order valence-corrected chi connectivity index (χ1v) is 9.86. The van der Waals surface area contributed by atoms with Crippen molar-refractivity contribution in [2.45, 2.75) is 25.9 Å². The SMILES string of the molecule is Cc1nc(C(=O)N2CCN(C(=O)N(C)C)[C@H]3CS(=O)(=O)C[C@H]32)c(C)o1. The second-order valence-corrected chi connectivity index (χ2v) is 8.87. The lowest BCUT2D eigenvalue weighted by atomic mass is 10.0. The number of hydrogen-bond donors (Lipinski definition) is 0. The zero-order valence-electron chi connectivity index (χ0n) is 14.7. The van der Waals surface area contributed by atoms with E-state index in [9.17, 15) is 18.0 Å². The van der Waals surface area contributed by atoms with Crippen molar-refractivity contribution in [1.29, 1.82) is 0 Å². The van der Waals surface area contributed by atoms with Crippen LogP contribution in [0.4, 0.5) is 4.79 Å². The third kappa shape index (κ3) is 3.10. The molecule has 2 atom stereocenters. The Morgan fingerprint density at radius 3 is 2.20 bits per heavy atom. The van der Waals surface area contributed by atoms with Crippen molar-refractivity contribution in [2.75, 3.05) is 38.7 Å². The first-order valence-electron chi connectivity index (χ1n) is 8.04. The van der Waals surface area contributed by atoms with Crippen LogP contribution in [0.5, 0.6) is 0 Å². The minimum absolute atomic E-state index is 0.127. The average molecular weight is 370 g/mol. The number of oxazole rings is 1. The quantitative estimate of drug-likeness (QED) is 0.684. The van der Waals surface area contributed by atoms with Crippen molar-refractivity contribution in [3.05, 3.63) is 17.3 Å². The standard InChI is InChI=1S/C15H22N4O5S/c1-9-13(16-10(2)24-9)14(20)18-5-6-19(15(21)17(3)4)12-8-25(22,23)7-11(12)18/h11-12H,5-8H2,1-4H3/t11-,12+/m1/s1. The van der Waals surface area contributed by atoms with E-state index in [2.05, 4.69) is 4.98 Å². The molecule has 0 saturated carbocycles. The van der Waals surface area contributed by atoms with Crippen LogP contribution >= 0.6 is 0 Å². The zero-order valence-corrected chi connectivity index (χ0v) is 15.5. The topological polar surface area (TPSA) is 104 Å². The molecule has 0 bridgehead atoms. The van der Waals surface area contributed by atoms with Gasteiger partial charge in [-0.15, -0.1) is 0 Å². The fourth-order valence-corrected chi connectivity index (χ4v) is 5.54.